The molecule has 2 aromatic rings. The Hall–Kier alpha value is -1.55. The first-order valence-electron chi connectivity index (χ1n) is 11.4. The van der Waals surface area contributed by atoms with E-state index in [1.165, 1.54) is 55.2 Å². The number of ether oxygens (including phenoxy) is 1. The molecule has 0 spiro atoms. The second-order valence-corrected chi connectivity index (χ2v) is 8.51. The largest absolute Gasteiger partial charge is 0.496 e. The van der Waals surface area contributed by atoms with Gasteiger partial charge in [-0.3, -0.25) is 5.84 Å². The molecule has 1 aliphatic rings. The summed E-state index contributed by atoms with van der Waals surface area (Å²) in [6, 6.07) is 17.8. The Morgan fingerprint density at radius 2 is 1.80 bits per heavy atom. The molecule has 3 rings (SSSR count). The van der Waals surface area contributed by atoms with Crippen LogP contribution in [0.2, 0.25) is 0 Å². The van der Waals surface area contributed by atoms with Crippen LogP contribution in [0.1, 0.15) is 74.6 Å². The van der Waals surface area contributed by atoms with Gasteiger partial charge in [-0.1, -0.05) is 75.1 Å². The number of nitrogens with zero attached hydrogens (tertiary/aromatic N) is 1. The Labute approximate surface area is 189 Å². The van der Waals surface area contributed by atoms with Gasteiger partial charge in [-0.15, -0.1) is 12.4 Å². The van der Waals surface area contributed by atoms with Gasteiger partial charge in [-0.2, -0.15) is 0 Å². The van der Waals surface area contributed by atoms with Crippen LogP contribution in [0.15, 0.2) is 48.5 Å². The molecular weight excluding hydrogens is 392 g/mol. The lowest BCUT2D eigenvalue weighted by Gasteiger charge is -2.39. The molecule has 166 valence electrons. The number of unbranched alkanes of at least 4 members (excludes halogenated alkanes) is 4. The Morgan fingerprint density at radius 1 is 1.03 bits per heavy atom. The Bertz CT molecular complexity index is 737. The number of aryl methyl sites for hydroxylation is 1. The van der Waals surface area contributed by atoms with Gasteiger partial charge in [0.2, 0.25) is 0 Å². The Kier molecular flexibility index (Phi) is 10.7. The molecule has 1 heterocycles. The fraction of sp³-hybridized carbons (Fsp3) is 0.538. The molecule has 1 saturated heterocycles. The van der Waals surface area contributed by atoms with E-state index in [0.29, 0.717) is 5.92 Å². The molecule has 0 saturated carbocycles. The van der Waals surface area contributed by atoms with Crippen LogP contribution < -0.4 is 10.6 Å². The van der Waals surface area contributed by atoms with E-state index in [1.54, 1.807) is 7.11 Å². The number of hydrogen-bond acceptors (Lipinski definition) is 3. The zero-order valence-electron chi connectivity index (χ0n) is 18.7. The minimum Gasteiger partial charge on any atom is -0.496 e. The van der Waals surface area contributed by atoms with Crippen LogP contribution in [0.25, 0.3) is 0 Å². The van der Waals surface area contributed by atoms with Crippen molar-refractivity contribution < 1.29 is 4.74 Å². The third-order valence-electron chi connectivity index (χ3n) is 6.33. The van der Waals surface area contributed by atoms with Crippen molar-refractivity contribution in [2.75, 3.05) is 13.7 Å². The molecule has 0 aromatic heterocycles. The third kappa shape index (κ3) is 6.73. The van der Waals surface area contributed by atoms with Crippen molar-refractivity contribution in [3.63, 3.8) is 0 Å². The predicted molar refractivity (Wildman–Crippen MR) is 129 cm³/mol. The van der Waals surface area contributed by atoms with Gasteiger partial charge in [0.15, 0.2) is 0 Å². The molecule has 4 heteroatoms. The van der Waals surface area contributed by atoms with Crippen LogP contribution in [0.5, 0.6) is 5.75 Å². The van der Waals surface area contributed by atoms with Crippen LogP contribution in [-0.4, -0.2) is 18.7 Å². The second kappa shape index (κ2) is 13.0. The highest BCUT2D eigenvalue weighted by molar-refractivity contribution is 5.85. The minimum atomic E-state index is 0. The number of rotatable bonds is 10. The van der Waals surface area contributed by atoms with Gasteiger partial charge in [-0.25, -0.2) is 5.01 Å². The summed E-state index contributed by atoms with van der Waals surface area (Å²) in [5, 5.41) is 2.05. The first-order valence-corrected chi connectivity index (χ1v) is 11.4. The summed E-state index contributed by atoms with van der Waals surface area (Å²) < 4.78 is 5.72. The molecule has 0 aliphatic carbocycles. The number of nitrogens with two attached hydrogens (primary N) is 1. The quantitative estimate of drug-likeness (QED) is 0.345. The summed E-state index contributed by atoms with van der Waals surface area (Å²) in [6.07, 6.45) is 11.2. The van der Waals surface area contributed by atoms with Gasteiger partial charge in [0.05, 0.1) is 13.2 Å². The highest BCUT2D eigenvalue weighted by Gasteiger charge is 2.31. The first-order chi connectivity index (χ1) is 14.2. The maximum atomic E-state index is 6.46. The lowest BCUT2D eigenvalue weighted by atomic mass is 9.81. The van der Waals surface area contributed by atoms with E-state index in [9.17, 15) is 0 Å². The highest BCUT2D eigenvalue weighted by Crippen LogP contribution is 2.38. The van der Waals surface area contributed by atoms with Gasteiger partial charge in [0.1, 0.15) is 5.75 Å². The number of halogens is 1. The van der Waals surface area contributed by atoms with Crippen molar-refractivity contribution >= 4 is 12.4 Å². The van der Waals surface area contributed by atoms with Crippen LogP contribution in [0, 0.1) is 5.92 Å². The highest BCUT2D eigenvalue weighted by atomic mass is 35.5. The zero-order valence-corrected chi connectivity index (χ0v) is 19.5. The van der Waals surface area contributed by atoms with Crippen molar-refractivity contribution in [3.8, 4) is 5.75 Å². The normalized spacial score (nSPS) is 19.3. The lowest BCUT2D eigenvalue weighted by Crippen LogP contribution is -2.44. The molecule has 2 aromatic carbocycles. The monoisotopic (exact) mass is 430 g/mol. The first kappa shape index (κ1) is 24.7. The van der Waals surface area contributed by atoms with Crippen molar-refractivity contribution in [1.82, 2.24) is 5.01 Å². The molecule has 1 aliphatic heterocycles. The maximum Gasteiger partial charge on any atom is 0.122 e. The summed E-state index contributed by atoms with van der Waals surface area (Å²) in [4.78, 5) is 0. The maximum absolute atomic E-state index is 6.46. The van der Waals surface area contributed by atoms with Crippen LogP contribution in [0.4, 0.5) is 0 Å². The molecule has 30 heavy (non-hydrogen) atoms. The summed E-state index contributed by atoms with van der Waals surface area (Å²) >= 11 is 0. The van der Waals surface area contributed by atoms with E-state index in [-0.39, 0.29) is 18.4 Å². The minimum absolute atomic E-state index is 0. The van der Waals surface area contributed by atoms with Crippen molar-refractivity contribution in [2.45, 2.75) is 70.8 Å². The number of hydrogen-bond donors (Lipinski definition) is 1. The average molecular weight is 431 g/mol. The molecule has 0 bridgehead atoms. The summed E-state index contributed by atoms with van der Waals surface area (Å²) in [6.45, 7) is 3.23. The van der Waals surface area contributed by atoms with E-state index in [2.05, 4.69) is 55.5 Å². The fourth-order valence-corrected chi connectivity index (χ4v) is 4.79. The van der Waals surface area contributed by atoms with E-state index >= 15 is 0 Å². The predicted octanol–water partition coefficient (Wildman–Crippen LogP) is 6.50. The van der Waals surface area contributed by atoms with Gasteiger partial charge in [0, 0.05) is 6.54 Å². The lowest BCUT2D eigenvalue weighted by molar-refractivity contribution is 0.0923. The summed E-state index contributed by atoms with van der Waals surface area (Å²) in [5.41, 5.74) is 4.10. The number of benzene rings is 2. The number of piperidine rings is 1. The van der Waals surface area contributed by atoms with Crippen molar-refractivity contribution in [1.29, 1.82) is 0 Å². The summed E-state index contributed by atoms with van der Waals surface area (Å²) in [5.74, 6) is 7.98. The van der Waals surface area contributed by atoms with E-state index < -0.39 is 0 Å². The SMILES string of the molecule is CCCCCCCc1ccc(OC)c(C[C@@H]2CCCN(N)[C@@H]2c2ccccc2)c1.Cl. The van der Waals surface area contributed by atoms with Gasteiger partial charge < -0.3 is 4.74 Å². The Balaban J connectivity index is 0.00000320. The molecule has 2 N–H and O–H groups in total. The van der Waals surface area contributed by atoms with Crippen molar-refractivity contribution in [3.05, 3.63) is 65.2 Å². The Morgan fingerprint density at radius 3 is 2.53 bits per heavy atom. The molecule has 0 amide bonds. The van der Waals surface area contributed by atoms with E-state index in [0.717, 1.165) is 31.6 Å². The van der Waals surface area contributed by atoms with Crippen LogP contribution in [-0.2, 0) is 12.8 Å². The topological polar surface area (TPSA) is 38.5 Å². The second-order valence-electron chi connectivity index (χ2n) is 8.51. The van der Waals surface area contributed by atoms with Gasteiger partial charge in [-0.05, 0) is 60.8 Å². The smallest absolute Gasteiger partial charge is 0.122 e. The van der Waals surface area contributed by atoms with Gasteiger partial charge in [0.25, 0.3) is 0 Å². The molecular formula is C26H39ClN2O. The zero-order chi connectivity index (χ0) is 20.5. The van der Waals surface area contributed by atoms with Crippen LogP contribution >= 0.6 is 12.4 Å². The number of methoxy groups -OCH3 is 1. The van der Waals surface area contributed by atoms with Crippen molar-refractivity contribution in [2.24, 2.45) is 11.8 Å². The molecule has 0 radical (unpaired) electrons. The number of hydrazine groups is 1. The molecule has 0 unspecified atom stereocenters. The fourth-order valence-electron chi connectivity index (χ4n) is 4.79. The van der Waals surface area contributed by atoms with Gasteiger partial charge >= 0.3 is 0 Å². The standard InChI is InChI=1S/C26H38N2O.ClH/c1-3-4-5-6-8-12-21-16-17-25(29-2)24(19-21)20-23-15-11-18-28(27)26(23)22-13-9-7-10-14-22;/h7,9-10,13-14,16-17,19,23,26H,3-6,8,11-12,15,18,20,27H2,1-2H3;1H/t23-,26+;/m0./s1. The molecule has 3 nitrogen and oxygen atoms in total. The molecule has 2 atom stereocenters. The van der Waals surface area contributed by atoms with E-state index in [4.69, 9.17) is 10.6 Å². The average Bonchev–Trinajstić information content (AvgIpc) is 2.74. The summed E-state index contributed by atoms with van der Waals surface area (Å²) in [7, 11) is 1.79. The third-order valence-corrected chi connectivity index (χ3v) is 6.33. The molecule has 1 fully saturated rings. The van der Waals surface area contributed by atoms with E-state index in [1.807, 2.05) is 5.01 Å². The van der Waals surface area contributed by atoms with Crippen LogP contribution in [0.3, 0.4) is 0 Å².